The molecule has 4 nitrogen and oxygen atoms in total. The number of rotatable bonds is 3. The summed E-state index contributed by atoms with van der Waals surface area (Å²) in [6.07, 6.45) is -0.222. The molecule has 3 rings (SSSR count). The summed E-state index contributed by atoms with van der Waals surface area (Å²) in [5.41, 5.74) is 2.54. The maximum atomic E-state index is 13.1. The van der Waals surface area contributed by atoms with Crippen LogP contribution in [0.5, 0.6) is 0 Å². The number of ether oxygens (including phenoxy) is 1. The summed E-state index contributed by atoms with van der Waals surface area (Å²) in [5, 5.41) is 0. The molecule has 1 aliphatic rings. The number of morpholine rings is 1. The number of amides is 1. The number of anilines is 1. The molecule has 1 unspecified atom stereocenters. The summed E-state index contributed by atoms with van der Waals surface area (Å²) < 4.78 is 18.8. The highest BCUT2D eigenvalue weighted by Crippen LogP contribution is 2.24. The van der Waals surface area contributed by atoms with E-state index in [4.69, 9.17) is 4.74 Å². The second kappa shape index (κ2) is 7.01. The highest BCUT2D eigenvalue weighted by Gasteiger charge is 2.26. The quantitative estimate of drug-likeness (QED) is 0.868. The van der Waals surface area contributed by atoms with Crippen LogP contribution >= 0.6 is 0 Å². The predicted octanol–water partition coefficient (Wildman–Crippen LogP) is 3.11. The first kappa shape index (κ1) is 16.5. The molecule has 0 bridgehead atoms. The van der Waals surface area contributed by atoms with Crippen molar-refractivity contribution in [2.45, 2.75) is 6.10 Å². The molecule has 0 aliphatic carbocycles. The van der Waals surface area contributed by atoms with Gasteiger partial charge in [0.1, 0.15) is 11.9 Å². The fourth-order valence-electron chi connectivity index (χ4n) is 2.81. The molecule has 0 N–H and O–H groups in total. The molecule has 0 saturated carbocycles. The number of carbonyl (C=O) groups excluding carboxylic acids is 1. The van der Waals surface area contributed by atoms with Crippen LogP contribution in [0.3, 0.4) is 0 Å². The summed E-state index contributed by atoms with van der Waals surface area (Å²) in [6, 6.07) is 13.8. The standard InChI is InChI=1S/C19H21FN2O2/c1-21(2)17-5-3-4-15(12-17)19(23)22-10-11-24-18(13-22)14-6-8-16(20)9-7-14/h3-9,12,18H,10-11,13H2,1-2H3. The van der Waals surface area contributed by atoms with Gasteiger partial charge in [-0.1, -0.05) is 18.2 Å². The molecule has 0 aromatic heterocycles. The Hall–Kier alpha value is -2.40. The van der Waals surface area contributed by atoms with Crippen molar-refractivity contribution in [3.05, 3.63) is 65.5 Å². The maximum absolute atomic E-state index is 13.1. The number of carbonyl (C=O) groups is 1. The third-order valence-corrected chi connectivity index (χ3v) is 4.20. The molecule has 1 amide bonds. The van der Waals surface area contributed by atoms with Crippen LogP contribution in [0.15, 0.2) is 48.5 Å². The molecule has 5 heteroatoms. The van der Waals surface area contributed by atoms with Gasteiger partial charge in [-0.05, 0) is 35.9 Å². The monoisotopic (exact) mass is 328 g/mol. The Morgan fingerprint density at radius 1 is 1.21 bits per heavy atom. The molecule has 1 aliphatic heterocycles. The average molecular weight is 328 g/mol. The van der Waals surface area contributed by atoms with Crippen LogP contribution in [-0.2, 0) is 4.74 Å². The Bertz CT molecular complexity index is 716. The second-order valence-electron chi connectivity index (χ2n) is 6.11. The average Bonchev–Trinajstić information content (AvgIpc) is 2.62. The molecule has 1 heterocycles. The molecule has 2 aromatic carbocycles. The normalized spacial score (nSPS) is 17.6. The molecule has 1 atom stereocenters. The van der Waals surface area contributed by atoms with Crippen LogP contribution < -0.4 is 4.90 Å². The molecule has 0 spiro atoms. The number of benzene rings is 2. The number of hydrogen-bond donors (Lipinski definition) is 0. The van der Waals surface area contributed by atoms with E-state index < -0.39 is 0 Å². The summed E-state index contributed by atoms with van der Waals surface area (Å²) in [6.45, 7) is 1.50. The van der Waals surface area contributed by atoms with Crippen molar-refractivity contribution in [2.24, 2.45) is 0 Å². The highest BCUT2D eigenvalue weighted by molar-refractivity contribution is 5.95. The molecular formula is C19H21FN2O2. The van der Waals surface area contributed by atoms with Crippen LogP contribution in [-0.4, -0.2) is 44.6 Å². The van der Waals surface area contributed by atoms with Gasteiger partial charge in [-0.2, -0.15) is 0 Å². The lowest BCUT2D eigenvalue weighted by molar-refractivity contribution is -0.0228. The minimum Gasteiger partial charge on any atom is -0.378 e. The third kappa shape index (κ3) is 3.57. The lowest BCUT2D eigenvalue weighted by Gasteiger charge is -2.33. The van der Waals surface area contributed by atoms with Crippen molar-refractivity contribution >= 4 is 11.6 Å². The number of halogens is 1. The second-order valence-corrected chi connectivity index (χ2v) is 6.11. The molecular weight excluding hydrogens is 307 g/mol. The van der Waals surface area contributed by atoms with Gasteiger partial charge in [0.05, 0.1) is 13.2 Å². The van der Waals surface area contributed by atoms with Crippen LogP contribution in [0.1, 0.15) is 22.0 Å². The Morgan fingerprint density at radius 3 is 2.67 bits per heavy atom. The molecule has 2 aromatic rings. The van der Waals surface area contributed by atoms with Gasteiger partial charge in [0.25, 0.3) is 5.91 Å². The van der Waals surface area contributed by atoms with Crippen molar-refractivity contribution in [2.75, 3.05) is 38.7 Å². The molecule has 1 fully saturated rings. The van der Waals surface area contributed by atoms with E-state index in [0.29, 0.717) is 25.3 Å². The van der Waals surface area contributed by atoms with E-state index in [1.807, 2.05) is 43.3 Å². The minimum absolute atomic E-state index is 0.00545. The topological polar surface area (TPSA) is 32.8 Å². The van der Waals surface area contributed by atoms with Crippen LogP contribution in [0.4, 0.5) is 10.1 Å². The predicted molar refractivity (Wildman–Crippen MR) is 91.8 cm³/mol. The van der Waals surface area contributed by atoms with Gasteiger partial charge in [0, 0.05) is 31.9 Å². The van der Waals surface area contributed by atoms with Gasteiger partial charge >= 0.3 is 0 Å². The molecule has 1 saturated heterocycles. The van der Waals surface area contributed by atoms with E-state index in [9.17, 15) is 9.18 Å². The summed E-state index contributed by atoms with van der Waals surface area (Å²) in [5.74, 6) is -0.280. The lowest BCUT2D eigenvalue weighted by Crippen LogP contribution is -2.42. The largest absolute Gasteiger partial charge is 0.378 e. The van der Waals surface area contributed by atoms with Crippen LogP contribution in [0, 0.1) is 5.82 Å². The van der Waals surface area contributed by atoms with Crippen LogP contribution in [0.25, 0.3) is 0 Å². The smallest absolute Gasteiger partial charge is 0.254 e. The summed E-state index contributed by atoms with van der Waals surface area (Å²) in [7, 11) is 3.89. The first-order chi connectivity index (χ1) is 11.5. The van der Waals surface area contributed by atoms with Crippen molar-refractivity contribution in [1.82, 2.24) is 4.90 Å². The van der Waals surface area contributed by atoms with E-state index in [1.54, 1.807) is 17.0 Å². The van der Waals surface area contributed by atoms with Gasteiger partial charge in [-0.3, -0.25) is 4.79 Å². The Balaban J connectivity index is 1.75. The fraction of sp³-hybridized carbons (Fsp3) is 0.316. The molecule has 0 radical (unpaired) electrons. The van der Waals surface area contributed by atoms with E-state index in [0.717, 1.165) is 11.3 Å². The van der Waals surface area contributed by atoms with Crippen molar-refractivity contribution in [3.63, 3.8) is 0 Å². The van der Waals surface area contributed by atoms with E-state index in [1.165, 1.54) is 12.1 Å². The zero-order chi connectivity index (χ0) is 17.1. The first-order valence-corrected chi connectivity index (χ1v) is 7.98. The third-order valence-electron chi connectivity index (χ3n) is 4.20. The summed E-state index contributed by atoms with van der Waals surface area (Å²) >= 11 is 0. The van der Waals surface area contributed by atoms with Crippen molar-refractivity contribution in [1.29, 1.82) is 0 Å². The maximum Gasteiger partial charge on any atom is 0.254 e. The molecule has 126 valence electrons. The highest BCUT2D eigenvalue weighted by atomic mass is 19.1. The van der Waals surface area contributed by atoms with Gasteiger partial charge in [-0.25, -0.2) is 4.39 Å². The van der Waals surface area contributed by atoms with Crippen molar-refractivity contribution in [3.8, 4) is 0 Å². The Labute approximate surface area is 141 Å². The Morgan fingerprint density at radius 2 is 1.96 bits per heavy atom. The first-order valence-electron chi connectivity index (χ1n) is 7.98. The van der Waals surface area contributed by atoms with Gasteiger partial charge in [0.2, 0.25) is 0 Å². The SMILES string of the molecule is CN(C)c1cccc(C(=O)N2CCOC(c3ccc(F)cc3)C2)c1. The number of hydrogen-bond acceptors (Lipinski definition) is 3. The number of nitrogens with zero attached hydrogens (tertiary/aromatic N) is 2. The lowest BCUT2D eigenvalue weighted by atomic mass is 10.1. The van der Waals surface area contributed by atoms with Gasteiger partial charge in [0.15, 0.2) is 0 Å². The Kier molecular flexibility index (Phi) is 4.81. The van der Waals surface area contributed by atoms with E-state index in [2.05, 4.69) is 0 Å². The van der Waals surface area contributed by atoms with Gasteiger partial charge in [-0.15, -0.1) is 0 Å². The minimum atomic E-state index is -0.275. The van der Waals surface area contributed by atoms with Crippen LogP contribution in [0.2, 0.25) is 0 Å². The zero-order valence-electron chi connectivity index (χ0n) is 13.9. The fourth-order valence-corrected chi connectivity index (χ4v) is 2.81. The zero-order valence-corrected chi connectivity index (χ0v) is 13.9. The summed E-state index contributed by atoms with van der Waals surface area (Å²) in [4.78, 5) is 16.6. The van der Waals surface area contributed by atoms with E-state index >= 15 is 0 Å². The van der Waals surface area contributed by atoms with Gasteiger partial charge < -0.3 is 14.5 Å². The van der Waals surface area contributed by atoms with E-state index in [-0.39, 0.29) is 17.8 Å². The molecule has 24 heavy (non-hydrogen) atoms. The van der Waals surface area contributed by atoms with Crippen molar-refractivity contribution < 1.29 is 13.9 Å².